The van der Waals surface area contributed by atoms with Crippen molar-refractivity contribution in [1.29, 1.82) is 0 Å². The maximum Gasteiger partial charge on any atom is 0.258 e. The van der Waals surface area contributed by atoms with Gasteiger partial charge in [-0.25, -0.2) is 18.4 Å². The Kier molecular flexibility index (Phi) is 6.58. The summed E-state index contributed by atoms with van der Waals surface area (Å²) in [7, 11) is -3.27. The van der Waals surface area contributed by atoms with Crippen LogP contribution in [0.25, 0.3) is 0 Å². The highest BCUT2D eigenvalue weighted by Gasteiger charge is 2.24. The standard InChI is InChI=1S/C20H24N4O4S/c1-14(10-12-29(2,26)27)23-19(25)16-13-22-18(15-7-3-4-8-15)24-20(16)28-17-9-5-6-11-21-17/h5-6,9-15H,3-4,7-8H2,1-2H3,(H,23,25)/b12-10+. The van der Waals surface area contributed by atoms with E-state index in [1.807, 2.05) is 0 Å². The van der Waals surface area contributed by atoms with Gasteiger partial charge in [0.1, 0.15) is 11.4 Å². The monoisotopic (exact) mass is 416 g/mol. The molecule has 1 fully saturated rings. The molecule has 154 valence electrons. The van der Waals surface area contributed by atoms with Gasteiger partial charge in [0, 0.05) is 42.1 Å². The Labute approximate surface area is 170 Å². The summed E-state index contributed by atoms with van der Waals surface area (Å²) in [6, 6.07) is 4.71. The molecular weight excluding hydrogens is 392 g/mol. The van der Waals surface area contributed by atoms with Crippen molar-refractivity contribution in [2.24, 2.45) is 0 Å². The lowest BCUT2D eigenvalue weighted by Crippen LogP contribution is -2.32. The van der Waals surface area contributed by atoms with Gasteiger partial charge in [-0.2, -0.15) is 4.98 Å². The number of carbonyl (C=O) groups is 1. The quantitative estimate of drug-likeness (QED) is 0.738. The van der Waals surface area contributed by atoms with Gasteiger partial charge in [0.05, 0.1) is 0 Å². The number of nitrogens with one attached hydrogen (secondary N) is 1. The summed E-state index contributed by atoms with van der Waals surface area (Å²) in [6.45, 7) is 1.67. The third-order valence-corrected chi connectivity index (χ3v) is 5.20. The van der Waals surface area contributed by atoms with E-state index in [0.29, 0.717) is 11.7 Å². The molecule has 29 heavy (non-hydrogen) atoms. The molecule has 0 radical (unpaired) electrons. The van der Waals surface area contributed by atoms with Gasteiger partial charge < -0.3 is 10.1 Å². The van der Waals surface area contributed by atoms with Crippen molar-refractivity contribution in [3.63, 3.8) is 0 Å². The van der Waals surface area contributed by atoms with Crippen LogP contribution in [0, 0.1) is 0 Å². The largest absolute Gasteiger partial charge is 0.420 e. The number of nitrogens with zero attached hydrogens (tertiary/aromatic N) is 3. The third-order valence-electron chi connectivity index (χ3n) is 4.55. The first-order valence-corrected chi connectivity index (χ1v) is 11.4. The predicted molar refractivity (Wildman–Crippen MR) is 108 cm³/mol. The van der Waals surface area contributed by atoms with Gasteiger partial charge in [-0.05, 0) is 25.8 Å². The summed E-state index contributed by atoms with van der Waals surface area (Å²) >= 11 is 0. The van der Waals surface area contributed by atoms with Crippen LogP contribution in [-0.2, 0) is 9.84 Å². The van der Waals surface area contributed by atoms with Gasteiger partial charge >= 0.3 is 0 Å². The molecule has 3 rings (SSSR count). The Morgan fingerprint density at radius 2 is 2.03 bits per heavy atom. The molecule has 1 saturated carbocycles. The van der Waals surface area contributed by atoms with Crippen LogP contribution in [-0.4, -0.2) is 41.6 Å². The number of hydrogen-bond donors (Lipinski definition) is 1. The van der Waals surface area contributed by atoms with Crippen molar-refractivity contribution >= 4 is 15.7 Å². The minimum Gasteiger partial charge on any atom is -0.420 e. The maximum absolute atomic E-state index is 12.7. The minimum absolute atomic E-state index is 0.136. The van der Waals surface area contributed by atoms with Gasteiger partial charge in [0.25, 0.3) is 5.91 Å². The van der Waals surface area contributed by atoms with Crippen molar-refractivity contribution in [3.05, 3.63) is 53.5 Å². The highest BCUT2D eigenvalue weighted by Crippen LogP contribution is 2.33. The van der Waals surface area contributed by atoms with E-state index in [2.05, 4.69) is 20.3 Å². The van der Waals surface area contributed by atoms with Crippen LogP contribution in [0.4, 0.5) is 0 Å². The first-order valence-electron chi connectivity index (χ1n) is 9.47. The Hall–Kier alpha value is -2.81. The number of amides is 1. The Balaban J connectivity index is 1.85. The molecule has 0 spiro atoms. The highest BCUT2D eigenvalue weighted by molar-refractivity contribution is 7.93. The molecule has 1 amide bonds. The molecule has 1 N–H and O–H groups in total. The Morgan fingerprint density at radius 3 is 2.69 bits per heavy atom. The molecule has 1 aliphatic carbocycles. The molecule has 0 saturated heterocycles. The van der Waals surface area contributed by atoms with Crippen LogP contribution in [0.3, 0.4) is 0 Å². The summed E-state index contributed by atoms with van der Waals surface area (Å²) in [4.78, 5) is 25.8. The van der Waals surface area contributed by atoms with Crippen LogP contribution in [0.2, 0.25) is 0 Å². The first-order chi connectivity index (χ1) is 13.8. The van der Waals surface area contributed by atoms with Crippen LogP contribution in [0.5, 0.6) is 11.8 Å². The van der Waals surface area contributed by atoms with E-state index in [4.69, 9.17) is 4.74 Å². The average molecular weight is 417 g/mol. The normalized spacial score (nSPS) is 16.1. The van der Waals surface area contributed by atoms with Gasteiger partial charge in [-0.3, -0.25) is 4.79 Å². The lowest BCUT2D eigenvalue weighted by atomic mass is 10.1. The molecule has 9 heteroatoms. The molecule has 0 bridgehead atoms. The fourth-order valence-electron chi connectivity index (χ4n) is 3.09. The zero-order chi connectivity index (χ0) is 20.9. The molecule has 1 atom stereocenters. The number of rotatable bonds is 7. The second-order valence-corrected chi connectivity index (χ2v) is 9.05. The van der Waals surface area contributed by atoms with E-state index < -0.39 is 21.8 Å². The highest BCUT2D eigenvalue weighted by atomic mass is 32.2. The second kappa shape index (κ2) is 9.13. The Bertz CT molecular complexity index is 987. The summed E-state index contributed by atoms with van der Waals surface area (Å²) in [5.74, 6) is 0.921. The van der Waals surface area contributed by atoms with Crippen LogP contribution < -0.4 is 10.1 Å². The minimum atomic E-state index is -3.27. The van der Waals surface area contributed by atoms with E-state index in [9.17, 15) is 13.2 Å². The van der Waals surface area contributed by atoms with E-state index in [0.717, 1.165) is 37.3 Å². The fourth-order valence-corrected chi connectivity index (χ4v) is 3.61. The maximum atomic E-state index is 12.7. The number of aromatic nitrogens is 3. The molecular formula is C20H24N4O4S. The van der Waals surface area contributed by atoms with Crippen molar-refractivity contribution < 1.29 is 17.9 Å². The summed E-state index contributed by atoms with van der Waals surface area (Å²) in [5.41, 5.74) is 0.164. The molecule has 1 aliphatic rings. The molecule has 2 aromatic rings. The SMILES string of the molecule is CC(/C=C/S(C)(=O)=O)NC(=O)c1cnc(C2CCCC2)nc1Oc1ccccn1. The van der Waals surface area contributed by atoms with Crippen molar-refractivity contribution in [3.8, 4) is 11.8 Å². The molecule has 2 aromatic heterocycles. The van der Waals surface area contributed by atoms with Crippen molar-refractivity contribution in [2.45, 2.75) is 44.6 Å². The average Bonchev–Trinajstić information content (AvgIpc) is 3.21. The van der Waals surface area contributed by atoms with Gasteiger partial charge in [0.15, 0.2) is 9.84 Å². The third kappa shape index (κ3) is 6.08. The smallest absolute Gasteiger partial charge is 0.258 e. The van der Waals surface area contributed by atoms with E-state index in [1.165, 1.54) is 12.3 Å². The lowest BCUT2D eigenvalue weighted by molar-refractivity contribution is 0.0943. The first kappa shape index (κ1) is 20.9. The Morgan fingerprint density at radius 1 is 1.28 bits per heavy atom. The molecule has 0 aliphatic heterocycles. The molecule has 2 heterocycles. The molecule has 1 unspecified atom stereocenters. The van der Waals surface area contributed by atoms with Gasteiger partial charge in [0.2, 0.25) is 11.8 Å². The number of ether oxygens (including phenoxy) is 1. The number of hydrogen-bond acceptors (Lipinski definition) is 7. The summed E-state index contributed by atoms with van der Waals surface area (Å²) < 4.78 is 28.3. The topological polar surface area (TPSA) is 111 Å². The second-order valence-electron chi connectivity index (χ2n) is 7.12. The van der Waals surface area contributed by atoms with Crippen molar-refractivity contribution in [2.75, 3.05) is 6.26 Å². The van der Waals surface area contributed by atoms with Crippen LogP contribution in [0.1, 0.15) is 54.7 Å². The molecule has 0 aromatic carbocycles. The summed E-state index contributed by atoms with van der Waals surface area (Å²) in [5, 5.41) is 3.77. The predicted octanol–water partition coefficient (Wildman–Crippen LogP) is 3.00. The van der Waals surface area contributed by atoms with Crippen molar-refractivity contribution in [1.82, 2.24) is 20.3 Å². The van der Waals surface area contributed by atoms with Gasteiger partial charge in [-0.1, -0.05) is 25.0 Å². The number of sulfone groups is 1. The zero-order valence-electron chi connectivity index (χ0n) is 16.4. The lowest BCUT2D eigenvalue weighted by Gasteiger charge is -2.15. The van der Waals surface area contributed by atoms with Gasteiger partial charge in [-0.15, -0.1) is 0 Å². The molecule has 8 nitrogen and oxygen atoms in total. The van der Waals surface area contributed by atoms with E-state index in [-0.39, 0.29) is 17.4 Å². The fraction of sp³-hybridized carbons (Fsp3) is 0.400. The zero-order valence-corrected chi connectivity index (χ0v) is 17.2. The number of pyridine rings is 1. The van der Waals surface area contributed by atoms with E-state index in [1.54, 1.807) is 31.3 Å². The number of carbonyl (C=O) groups excluding carboxylic acids is 1. The van der Waals surface area contributed by atoms with E-state index >= 15 is 0 Å². The summed E-state index contributed by atoms with van der Waals surface area (Å²) in [6.07, 6.45) is 9.84. The van der Waals surface area contributed by atoms with Crippen LogP contribution >= 0.6 is 0 Å². The van der Waals surface area contributed by atoms with Crippen LogP contribution in [0.15, 0.2) is 42.1 Å².